The Labute approximate surface area is 119 Å². The summed E-state index contributed by atoms with van der Waals surface area (Å²) in [5.74, 6) is 5.70. The molecular weight excluding hydrogens is 252 g/mol. The molecule has 1 aromatic carbocycles. The summed E-state index contributed by atoms with van der Waals surface area (Å²) < 4.78 is 0. The SMILES string of the molecule is CC(C)(C)c1ccc(C(Cc2ccsc2)NN)cc1. The maximum absolute atomic E-state index is 5.70. The normalized spacial score (nSPS) is 13.5. The summed E-state index contributed by atoms with van der Waals surface area (Å²) in [6.45, 7) is 6.68. The molecule has 1 aromatic heterocycles. The largest absolute Gasteiger partial charge is 0.271 e. The van der Waals surface area contributed by atoms with E-state index in [4.69, 9.17) is 5.84 Å². The Morgan fingerprint density at radius 3 is 2.32 bits per heavy atom. The average molecular weight is 274 g/mol. The second-order valence-electron chi connectivity index (χ2n) is 5.93. The van der Waals surface area contributed by atoms with Crippen LogP contribution in [0, 0.1) is 0 Å². The molecule has 19 heavy (non-hydrogen) atoms. The fourth-order valence-corrected chi connectivity index (χ4v) is 2.81. The van der Waals surface area contributed by atoms with Gasteiger partial charge < -0.3 is 0 Å². The van der Waals surface area contributed by atoms with Crippen LogP contribution in [0.15, 0.2) is 41.1 Å². The predicted octanol–water partition coefficient (Wildman–Crippen LogP) is 3.79. The molecule has 0 aliphatic heterocycles. The van der Waals surface area contributed by atoms with Crippen molar-refractivity contribution in [1.29, 1.82) is 0 Å². The van der Waals surface area contributed by atoms with Crippen LogP contribution in [0.2, 0.25) is 0 Å². The van der Waals surface area contributed by atoms with Crippen LogP contribution < -0.4 is 11.3 Å². The van der Waals surface area contributed by atoms with E-state index in [0.717, 1.165) is 6.42 Å². The molecule has 2 aromatic rings. The van der Waals surface area contributed by atoms with E-state index in [1.807, 2.05) is 0 Å². The van der Waals surface area contributed by atoms with Gasteiger partial charge in [0.15, 0.2) is 0 Å². The Morgan fingerprint density at radius 2 is 1.84 bits per heavy atom. The number of hydrazine groups is 1. The van der Waals surface area contributed by atoms with Crippen molar-refractivity contribution < 1.29 is 0 Å². The lowest BCUT2D eigenvalue weighted by molar-refractivity contribution is 0.550. The topological polar surface area (TPSA) is 38.0 Å². The standard InChI is InChI=1S/C16H22N2S/c1-16(2,3)14-6-4-13(5-7-14)15(18-17)10-12-8-9-19-11-12/h4-9,11,15,18H,10,17H2,1-3H3. The summed E-state index contributed by atoms with van der Waals surface area (Å²) >= 11 is 1.72. The molecule has 0 radical (unpaired) electrons. The first kappa shape index (κ1) is 14.3. The Morgan fingerprint density at radius 1 is 1.16 bits per heavy atom. The highest BCUT2D eigenvalue weighted by atomic mass is 32.1. The van der Waals surface area contributed by atoms with E-state index >= 15 is 0 Å². The minimum absolute atomic E-state index is 0.170. The van der Waals surface area contributed by atoms with Gasteiger partial charge in [0, 0.05) is 0 Å². The number of benzene rings is 1. The second-order valence-corrected chi connectivity index (χ2v) is 6.71. The monoisotopic (exact) mass is 274 g/mol. The van der Waals surface area contributed by atoms with Crippen LogP contribution >= 0.6 is 11.3 Å². The lowest BCUT2D eigenvalue weighted by Gasteiger charge is -2.21. The molecule has 0 bridgehead atoms. The van der Waals surface area contributed by atoms with Gasteiger partial charge in [-0.15, -0.1) is 0 Å². The predicted molar refractivity (Wildman–Crippen MR) is 83.2 cm³/mol. The summed E-state index contributed by atoms with van der Waals surface area (Å²) in [7, 11) is 0. The third kappa shape index (κ3) is 3.66. The molecule has 0 saturated heterocycles. The van der Waals surface area contributed by atoms with Gasteiger partial charge in [-0.05, 0) is 45.4 Å². The first-order valence-electron chi connectivity index (χ1n) is 6.58. The van der Waals surface area contributed by atoms with E-state index in [2.05, 4.69) is 67.3 Å². The lowest BCUT2D eigenvalue weighted by atomic mass is 9.86. The van der Waals surface area contributed by atoms with Gasteiger partial charge in [-0.1, -0.05) is 45.0 Å². The number of thiophene rings is 1. The minimum atomic E-state index is 0.170. The number of hydrogen-bond donors (Lipinski definition) is 2. The zero-order chi connectivity index (χ0) is 13.9. The first-order chi connectivity index (χ1) is 9.00. The fraction of sp³-hybridized carbons (Fsp3) is 0.375. The fourth-order valence-electron chi connectivity index (χ4n) is 2.13. The quantitative estimate of drug-likeness (QED) is 0.657. The van der Waals surface area contributed by atoms with E-state index in [9.17, 15) is 0 Å². The van der Waals surface area contributed by atoms with Crippen molar-refractivity contribution in [3.63, 3.8) is 0 Å². The van der Waals surface area contributed by atoms with Gasteiger partial charge in [0.25, 0.3) is 0 Å². The first-order valence-corrected chi connectivity index (χ1v) is 7.52. The second kappa shape index (κ2) is 5.87. The van der Waals surface area contributed by atoms with E-state index < -0.39 is 0 Å². The van der Waals surface area contributed by atoms with Gasteiger partial charge in [0.05, 0.1) is 6.04 Å². The van der Waals surface area contributed by atoms with Crippen LogP contribution in [-0.2, 0) is 11.8 Å². The Balaban J connectivity index is 2.15. The van der Waals surface area contributed by atoms with Crippen LogP contribution in [-0.4, -0.2) is 0 Å². The van der Waals surface area contributed by atoms with Gasteiger partial charge in [-0.2, -0.15) is 11.3 Å². The smallest absolute Gasteiger partial charge is 0.0500 e. The van der Waals surface area contributed by atoms with Crippen molar-refractivity contribution in [2.75, 3.05) is 0 Å². The Kier molecular flexibility index (Phi) is 4.40. The van der Waals surface area contributed by atoms with Crippen LogP contribution in [0.25, 0.3) is 0 Å². The van der Waals surface area contributed by atoms with Gasteiger partial charge in [-0.3, -0.25) is 11.3 Å². The molecule has 0 aliphatic carbocycles. The van der Waals surface area contributed by atoms with E-state index in [0.29, 0.717) is 0 Å². The minimum Gasteiger partial charge on any atom is -0.271 e. The van der Waals surface area contributed by atoms with Crippen LogP contribution in [0.4, 0.5) is 0 Å². The summed E-state index contributed by atoms with van der Waals surface area (Å²) in [5.41, 5.74) is 7.03. The number of rotatable bonds is 4. The maximum atomic E-state index is 5.70. The zero-order valence-corrected chi connectivity index (χ0v) is 12.6. The van der Waals surface area contributed by atoms with Gasteiger partial charge >= 0.3 is 0 Å². The Bertz CT molecular complexity index is 495. The van der Waals surface area contributed by atoms with Crippen molar-refractivity contribution in [3.05, 3.63) is 57.8 Å². The molecule has 1 heterocycles. The molecule has 3 N–H and O–H groups in total. The van der Waals surface area contributed by atoms with Crippen molar-refractivity contribution >= 4 is 11.3 Å². The molecule has 1 unspecified atom stereocenters. The molecule has 0 saturated carbocycles. The van der Waals surface area contributed by atoms with Crippen LogP contribution in [0.3, 0.4) is 0 Å². The van der Waals surface area contributed by atoms with E-state index in [-0.39, 0.29) is 11.5 Å². The molecule has 0 spiro atoms. The van der Waals surface area contributed by atoms with Gasteiger partial charge in [0.1, 0.15) is 0 Å². The molecule has 102 valence electrons. The van der Waals surface area contributed by atoms with Crippen LogP contribution in [0.5, 0.6) is 0 Å². The number of hydrogen-bond acceptors (Lipinski definition) is 3. The molecule has 0 amide bonds. The highest BCUT2D eigenvalue weighted by Crippen LogP contribution is 2.25. The number of nitrogens with two attached hydrogens (primary N) is 1. The summed E-state index contributed by atoms with van der Waals surface area (Å²) in [6, 6.07) is 11.1. The lowest BCUT2D eigenvalue weighted by Crippen LogP contribution is -2.29. The molecule has 3 heteroatoms. The van der Waals surface area contributed by atoms with E-state index in [1.165, 1.54) is 16.7 Å². The maximum Gasteiger partial charge on any atom is 0.0500 e. The van der Waals surface area contributed by atoms with E-state index in [1.54, 1.807) is 11.3 Å². The summed E-state index contributed by atoms with van der Waals surface area (Å²) in [5, 5.41) is 4.28. The molecule has 0 aliphatic rings. The van der Waals surface area contributed by atoms with Crippen molar-refractivity contribution in [2.45, 2.75) is 38.6 Å². The molecule has 2 nitrogen and oxygen atoms in total. The number of nitrogens with one attached hydrogen (secondary N) is 1. The van der Waals surface area contributed by atoms with Crippen molar-refractivity contribution in [2.24, 2.45) is 5.84 Å². The van der Waals surface area contributed by atoms with Gasteiger partial charge in [-0.25, -0.2) is 0 Å². The third-order valence-corrected chi connectivity index (χ3v) is 4.13. The van der Waals surface area contributed by atoms with Crippen molar-refractivity contribution in [1.82, 2.24) is 5.43 Å². The van der Waals surface area contributed by atoms with Crippen molar-refractivity contribution in [3.8, 4) is 0 Å². The average Bonchev–Trinajstić information content (AvgIpc) is 2.88. The van der Waals surface area contributed by atoms with Gasteiger partial charge in [0.2, 0.25) is 0 Å². The Hall–Kier alpha value is -1.16. The third-order valence-electron chi connectivity index (χ3n) is 3.40. The highest BCUT2D eigenvalue weighted by molar-refractivity contribution is 7.07. The highest BCUT2D eigenvalue weighted by Gasteiger charge is 2.15. The molecular formula is C16H22N2S. The zero-order valence-electron chi connectivity index (χ0n) is 11.8. The molecule has 0 fully saturated rings. The van der Waals surface area contributed by atoms with Crippen LogP contribution in [0.1, 0.15) is 43.5 Å². The summed E-state index contributed by atoms with van der Waals surface area (Å²) in [4.78, 5) is 0. The molecule has 1 atom stereocenters. The molecule has 2 rings (SSSR count). The summed E-state index contributed by atoms with van der Waals surface area (Å²) in [6.07, 6.45) is 0.925.